The van der Waals surface area contributed by atoms with Gasteiger partial charge < -0.3 is 5.11 Å². The average Bonchev–Trinajstić information content (AvgIpc) is 2.69. The van der Waals surface area contributed by atoms with Gasteiger partial charge in [-0.3, -0.25) is 5.43 Å². The fourth-order valence-corrected chi connectivity index (χ4v) is 2.07. The van der Waals surface area contributed by atoms with Gasteiger partial charge in [-0.25, -0.2) is 4.98 Å². The van der Waals surface area contributed by atoms with Crippen molar-refractivity contribution < 1.29 is 5.11 Å². The van der Waals surface area contributed by atoms with Crippen LogP contribution in [0.3, 0.4) is 0 Å². The van der Waals surface area contributed by atoms with Gasteiger partial charge in [-0.2, -0.15) is 5.10 Å². The van der Waals surface area contributed by atoms with E-state index >= 15 is 0 Å². The lowest BCUT2D eigenvalue weighted by molar-refractivity contribution is 0.474. The summed E-state index contributed by atoms with van der Waals surface area (Å²) in [6.07, 6.45) is 1.47. The van der Waals surface area contributed by atoms with E-state index in [9.17, 15) is 5.11 Å². The quantitative estimate of drug-likeness (QED) is 0.663. The Labute approximate surface area is 108 Å². The molecule has 0 atom stereocenters. The molecule has 0 saturated heterocycles. The Morgan fingerprint density at radius 3 is 3.00 bits per heavy atom. The first kappa shape index (κ1) is 11.9. The molecular weight excluding hydrogens is 258 g/mol. The predicted molar refractivity (Wildman–Crippen MR) is 71.2 cm³/mol. The van der Waals surface area contributed by atoms with Gasteiger partial charge in [0.1, 0.15) is 5.75 Å². The van der Waals surface area contributed by atoms with Crippen LogP contribution in [-0.4, -0.2) is 16.3 Å². The van der Waals surface area contributed by atoms with E-state index in [0.29, 0.717) is 15.7 Å². The second-order valence-corrected chi connectivity index (χ2v) is 4.60. The first-order chi connectivity index (χ1) is 8.16. The molecule has 0 saturated carbocycles. The maximum Gasteiger partial charge on any atom is 0.203 e. The highest BCUT2D eigenvalue weighted by molar-refractivity contribution is 7.13. The SMILES string of the molecule is Cc1csc(NN=Cc2c(O)cccc2Cl)n1. The zero-order chi connectivity index (χ0) is 12.3. The van der Waals surface area contributed by atoms with Crippen molar-refractivity contribution in [2.75, 3.05) is 5.43 Å². The van der Waals surface area contributed by atoms with Gasteiger partial charge in [-0.1, -0.05) is 17.7 Å². The van der Waals surface area contributed by atoms with Crippen molar-refractivity contribution in [1.82, 2.24) is 4.98 Å². The number of phenols is 1. The summed E-state index contributed by atoms with van der Waals surface area (Å²) in [6.45, 7) is 1.91. The molecule has 2 N–H and O–H groups in total. The van der Waals surface area contributed by atoms with Crippen LogP contribution < -0.4 is 5.43 Å². The highest BCUT2D eigenvalue weighted by atomic mass is 35.5. The van der Waals surface area contributed by atoms with E-state index in [-0.39, 0.29) is 5.75 Å². The molecule has 1 heterocycles. The summed E-state index contributed by atoms with van der Waals surface area (Å²) >= 11 is 7.38. The van der Waals surface area contributed by atoms with Crippen molar-refractivity contribution >= 4 is 34.3 Å². The number of halogens is 1. The maximum absolute atomic E-state index is 9.58. The van der Waals surface area contributed by atoms with Gasteiger partial charge >= 0.3 is 0 Å². The van der Waals surface area contributed by atoms with Gasteiger partial charge in [-0.15, -0.1) is 11.3 Å². The van der Waals surface area contributed by atoms with Crippen LogP contribution >= 0.6 is 22.9 Å². The number of hydrazone groups is 1. The summed E-state index contributed by atoms with van der Waals surface area (Å²) in [7, 11) is 0. The van der Waals surface area contributed by atoms with Crippen LogP contribution in [0.4, 0.5) is 5.13 Å². The molecule has 1 aromatic heterocycles. The van der Waals surface area contributed by atoms with Crippen LogP contribution in [0.2, 0.25) is 5.02 Å². The summed E-state index contributed by atoms with van der Waals surface area (Å²) < 4.78 is 0. The Morgan fingerprint density at radius 2 is 2.35 bits per heavy atom. The summed E-state index contributed by atoms with van der Waals surface area (Å²) in [4.78, 5) is 4.18. The molecule has 0 aliphatic heterocycles. The molecule has 1 aromatic carbocycles. The second kappa shape index (κ2) is 5.16. The van der Waals surface area contributed by atoms with Gasteiger partial charge in [0.25, 0.3) is 0 Å². The van der Waals surface area contributed by atoms with Gasteiger partial charge in [0.2, 0.25) is 5.13 Å². The van der Waals surface area contributed by atoms with E-state index in [4.69, 9.17) is 11.6 Å². The minimum absolute atomic E-state index is 0.0957. The Balaban J connectivity index is 2.10. The molecule has 4 nitrogen and oxygen atoms in total. The van der Waals surface area contributed by atoms with Crippen LogP contribution in [0.1, 0.15) is 11.3 Å². The highest BCUT2D eigenvalue weighted by Gasteiger charge is 2.02. The first-order valence-corrected chi connectivity index (χ1v) is 6.11. The van der Waals surface area contributed by atoms with Crippen LogP contribution in [-0.2, 0) is 0 Å². The first-order valence-electron chi connectivity index (χ1n) is 4.85. The predicted octanol–water partition coefficient (Wildman–Crippen LogP) is 3.26. The molecule has 0 radical (unpaired) electrons. The van der Waals surface area contributed by atoms with Crippen LogP contribution in [0, 0.1) is 6.92 Å². The third kappa shape index (κ3) is 2.95. The lowest BCUT2D eigenvalue weighted by atomic mass is 10.2. The molecule has 88 valence electrons. The van der Waals surface area contributed by atoms with Crippen molar-refractivity contribution in [3.8, 4) is 5.75 Å². The molecule has 0 bridgehead atoms. The Kier molecular flexibility index (Phi) is 3.61. The number of rotatable bonds is 3. The van der Waals surface area contributed by atoms with Gasteiger partial charge in [0.15, 0.2) is 0 Å². The monoisotopic (exact) mass is 267 g/mol. The minimum Gasteiger partial charge on any atom is -0.507 e. The van der Waals surface area contributed by atoms with Crippen LogP contribution in [0.15, 0.2) is 28.7 Å². The number of aromatic nitrogens is 1. The van der Waals surface area contributed by atoms with E-state index in [1.165, 1.54) is 17.6 Å². The average molecular weight is 268 g/mol. The second-order valence-electron chi connectivity index (χ2n) is 3.34. The van der Waals surface area contributed by atoms with E-state index in [2.05, 4.69) is 15.5 Å². The van der Waals surface area contributed by atoms with Crippen LogP contribution in [0.5, 0.6) is 5.75 Å². The molecule has 6 heteroatoms. The normalized spacial score (nSPS) is 10.9. The largest absolute Gasteiger partial charge is 0.507 e. The molecule has 17 heavy (non-hydrogen) atoms. The topological polar surface area (TPSA) is 57.5 Å². The Bertz CT molecular complexity index is 533. The number of phenolic OH excluding ortho intramolecular Hbond substituents is 1. The smallest absolute Gasteiger partial charge is 0.203 e. The molecule has 0 amide bonds. The number of aromatic hydroxyl groups is 1. The summed E-state index contributed by atoms with van der Waals surface area (Å²) in [5.74, 6) is 0.0957. The summed E-state index contributed by atoms with van der Waals surface area (Å²) in [5.41, 5.74) is 4.20. The van der Waals surface area contributed by atoms with Crippen molar-refractivity contribution in [2.24, 2.45) is 5.10 Å². The number of anilines is 1. The molecule has 0 spiro atoms. The lowest BCUT2D eigenvalue weighted by Gasteiger charge is -2.00. The third-order valence-corrected chi connectivity index (χ3v) is 3.20. The lowest BCUT2D eigenvalue weighted by Crippen LogP contribution is -1.91. The zero-order valence-electron chi connectivity index (χ0n) is 9.01. The standard InChI is InChI=1S/C11H10ClN3OS/c1-7-6-17-11(14-7)15-13-5-8-9(12)3-2-4-10(8)16/h2-6,16H,1H3,(H,14,15). The van der Waals surface area contributed by atoms with Gasteiger partial charge in [-0.05, 0) is 19.1 Å². The number of hydrogen-bond donors (Lipinski definition) is 2. The van der Waals surface area contributed by atoms with Crippen molar-refractivity contribution in [3.63, 3.8) is 0 Å². The highest BCUT2D eigenvalue weighted by Crippen LogP contribution is 2.23. The molecule has 0 aliphatic carbocycles. The van der Waals surface area contributed by atoms with Gasteiger partial charge in [0.05, 0.1) is 22.5 Å². The molecule has 0 unspecified atom stereocenters. The fourth-order valence-electron chi connectivity index (χ4n) is 1.21. The van der Waals surface area contributed by atoms with E-state index in [1.54, 1.807) is 18.2 Å². The molecular formula is C11H10ClN3OS. The number of nitrogens with one attached hydrogen (secondary N) is 1. The number of nitrogens with zero attached hydrogens (tertiary/aromatic N) is 2. The number of benzene rings is 1. The number of hydrogen-bond acceptors (Lipinski definition) is 5. The number of thiazole rings is 1. The Hall–Kier alpha value is -1.59. The molecule has 2 aromatic rings. The van der Waals surface area contributed by atoms with E-state index in [0.717, 1.165) is 5.69 Å². The molecule has 0 aliphatic rings. The summed E-state index contributed by atoms with van der Waals surface area (Å²) in [6, 6.07) is 4.92. The maximum atomic E-state index is 9.58. The van der Waals surface area contributed by atoms with E-state index in [1.807, 2.05) is 12.3 Å². The zero-order valence-corrected chi connectivity index (χ0v) is 10.6. The Morgan fingerprint density at radius 1 is 1.53 bits per heavy atom. The third-order valence-electron chi connectivity index (χ3n) is 2.00. The number of aryl methyl sites for hydroxylation is 1. The van der Waals surface area contributed by atoms with Crippen molar-refractivity contribution in [3.05, 3.63) is 39.9 Å². The van der Waals surface area contributed by atoms with Crippen LogP contribution in [0.25, 0.3) is 0 Å². The van der Waals surface area contributed by atoms with Crippen molar-refractivity contribution in [2.45, 2.75) is 6.92 Å². The van der Waals surface area contributed by atoms with Gasteiger partial charge in [0, 0.05) is 5.38 Å². The fraction of sp³-hybridized carbons (Fsp3) is 0.0909. The molecule has 0 fully saturated rings. The van der Waals surface area contributed by atoms with E-state index < -0.39 is 0 Å². The van der Waals surface area contributed by atoms with Crippen molar-refractivity contribution in [1.29, 1.82) is 0 Å². The summed E-state index contributed by atoms with van der Waals surface area (Å²) in [5, 5.41) is 16.6. The molecule has 2 rings (SSSR count). The minimum atomic E-state index is 0.0957.